The Bertz CT molecular complexity index is 544. The largest absolute Gasteiger partial charge is 0.491 e. The molecule has 98 valence electrons. The molecule has 0 bridgehead atoms. The van der Waals surface area contributed by atoms with E-state index in [1.54, 1.807) is 0 Å². The maximum Gasteiger partial charge on any atom is 0.167 e. The van der Waals surface area contributed by atoms with Gasteiger partial charge >= 0.3 is 0 Å². The van der Waals surface area contributed by atoms with Gasteiger partial charge in [-0.15, -0.1) is 0 Å². The number of ketones is 1. The van der Waals surface area contributed by atoms with E-state index in [2.05, 4.69) is 0 Å². The van der Waals surface area contributed by atoms with Gasteiger partial charge in [-0.1, -0.05) is 48.5 Å². The van der Waals surface area contributed by atoms with E-state index in [0.29, 0.717) is 6.42 Å². The number of hydrogen-bond donors (Lipinski definition) is 0. The van der Waals surface area contributed by atoms with Crippen LogP contribution >= 0.6 is 0 Å². The summed E-state index contributed by atoms with van der Waals surface area (Å²) in [5.74, 6) is 0.905. The van der Waals surface area contributed by atoms with Crippen molar-refractivity contribution in [2.75, 3.05) is 0 Å². The van der Waals surface area contributed by atoms with Crippen LogP contribution in [0.1, 0.15) is 29.8 Å². The summed E-state index contributed by atoms with van der Waals surface area (Å²) in [6.45, 7) is 3.96. The first-order chi connectivity index (χ1) is 9.16. The van der Waals surface area contributed by atoms with Crippen molar-refractivity contribution in [3.63, 3.8) is 0 Å². The van der Waals surface area contributed by atoms with Crippen molar-refractivity contribution in [2.24, 2.45) is 0 Å². The lowest BCUT2D eigenvalue weighted by Gasteiger charge is -2.13. The zero-order chi connectivity index (χ0) is 13.7. The highest BCUT2D eigenvalue weighted by Gasteiger charge is 2.11. The molecular weight excluding hydrogens is 236 g/mol. The van der Waals surface area contributed by atoms with Gasteiger partial charge in [-0.3, -0.25) is 4.79 Å². The molecule has 0 aliphatic rings. The van der Waals surface area contributed by atoms with E-state index in [4.69, 9.17) is 4.74 Å². The molecule has 0 N–H and O–H groups in total. The molecular formula is C17H18O2. The van der Waals surface area contributed by atoms with Gasteiger partial charge in [0.15, 0.2) is 5.78 Å². The molecule has 2 nitrogen and oxygen atoms in total. The third kappa shape index (κ3) is 3.68. The molecule has 0 atom stereocenters. The van der Waals surface area contributed by atoms with Crippen LogP contribution in [0.3, 0.4) is 0 Å². The van der Waals surface area contributed by atoms with Crippen LogP contribution in [0.15, 0.2) is 54.6 Å². The van der Waals surface area contributed by atoms with Gasteiger partial charge in [0.1, 0.15) is 5.75 Å². The van der Waals surface area contributed by atoms with Crippen molar-refractivity contribution < 1.29 is 9.53 Å². The number of ether oxygens (including phenoxy) is 1. The molecule has 0 heterocycles. The lowest BCUT2D eigenvalue weighted by Crippen LogP contribution is -2.10. The van der Waals surface area contributed by atoms with Crippen LogP contribution in [0.5, 0.6) is 5.75 Å². The molecule has 0 aromatic heterocycles. The van der Waals surface area contributed by atoms with E-state index in [1.807, 2.05) is 68.4 Å². The zero-order valence-electron chi connectivity index (χ0n) is 11.3. The Kier molecular flexibility index (Phi) is 4.35. The van der Waals surface area contributed by atoms with Crippen molar-refractivity contribution in [2.45, 2.75) is 26.4 Å². The zero-order valence-corrected chi connectivity index (χ0v) is 11.3. The summed E-state index contributed by atoms with van der Waals surface area (Å²) in [4.78, 5) is 12.2. The van der Waals surface area contributed by atoms with Gasteiger partial charge in [0, 0.05) is 17.5 Å². The van der Waals surface area contributed by atoms with Gasteiger partial charge in [0.2, 0.25) is 0 Å². The van der Waals surface area contributed by atoms with Crippen molar-refractivity contribution in [1.82, 2.24) is 0 Å². The molecule has 0 unspecified atom stereocenters. The lowest BCUT2D eigenvalue weighted by atomic mass is 10.0. The van der Waals surface area contributed by atoms with Gasteiger partial charge in [0.05, 0.1) is 6.10 Å². The second-order valence-electron chi connectivity index (χ2n) is 4.74. The maximum atomic E-state index is 12.2. The molecule has 2 rings (SSSR count). The minimum Gasteiger partial charge on any atom is -0.491 e. The highest BCUT2D eigenvalue weighted by molar-refractivity contribution is 5.97. The fourth-order valence-corrected chi connectivity index (χ4v) is 1.92. The summed E-state index contributed by atoms with van der Waals surface area (Å²) in [5.41, 5.74) is 1.67. The van der Waals surface area contributed by atoms with Crippen molar-refractivity contribution >= 4 is 5.78 Å². The molecule has 0 fully saturated rings. The molecule has 0 saturated carbocycles. The Morgan fingerprint density at radius 3 is 2.32 bits per heavy atom. The van der Waals surface area contributed by atoms with Crippen LogP contribution < -0.4 is 4.74 Å². The van der Waals surface area contributed by atoms with Gasteiger partial charge in [0.25, 0.3) is 0 Å². The summed E-state index contributed by atoms with van der Waals surface area (Å²) in [5, 5.41) is 0. The maximum absolute atomic E-state index is 12.2. The fraction of sp³-hybridized carbons (Fsp3) is 0.235. The first-order valence-corrected chi connectivity index (χ1v) is 6.49. The minimum atomic E-state index is 0.105. The molecule has 0 amide bonds. The van der Waals surface area contributed by atoms with E-state index in [1.165, 1.54) is 0 Å². The Morgan fingerprint density at radius 1 is 1.00 bits per heavy atom. The summed E-state index contributed by atoms with van der Waals surface area (Å²) in [6.07, 6.45) is 0.473. The quantitative estimate of drug-likeness (QED) is 0.756. The van der Waals surface area contributed by atoms with Gasteiger partial charge in [-0.2, -0.15) is 0 Å². The second-order valence-corrected chi connectivity index (χ2v) is 4.74. The Balaban J connectivity index is 2.17. The van der Waals surface area contributed by atoms with E-state index in [-0.39, 0.29) is 11.9 Å². The molecule has 0 aliphatic carbocycles. The molecule has 0 spiro atoms. The predicted molar refractivity (Wildman–Crippen MR) is 76.7 cm³/mol. The van der Waals surface area contributed by atoms with Crippen LogP contribution in [0, 0.1) is 0 Å². The van der Waals surface area contributed by atoms with Crippen LogP contribution in [0.2, 0.25) is 0 Å². The standard InChI is InChI=1S/C17H18O2/c1-13(2)19-17-11-7-6-10-15(17)12-16(18)14-8-4-3-5-9-14/h3-11,13H,12H2,1-2H3. The van der Waals surface area contributed by atoms with E-state index in [0.717, 1.165) is 16.9 Å². The van der Waals surface area contributed by atoms with E-state index in [9.17, 15) is 4.79 Å². The average Bonchev–Trinajstić information content (AvgIpc) is 2.41. The summed E-state index contributed by atoms with van der Waals surface area (Å²) in [7, 11) is 0. The van der Waals surface area contributed by atoms with Crippen LogP contribution in [0.4, 0.5) is 0 Å². The molecule has 19 heavy (non-hydrogen) atoms. The Hall–Kier alpha value is -2.09. The lowest BCUT2D eigenvalue weighted by molar-refractivity contribution is 0.0991. The molecule has 0 aliphatic heterocycles. The number of para-hydroxylation sites is 1. The summed E-state index contributed by atoms with van der Waals surface area (Å²) >= 11 is 0. The van der Waals surface area contributed by atoms with Crippen molar-refractivity contribution in [3.05, 3.63) is 65.7 Å². The normalized spacial score (nSPS) is 10.5. The van der Waals surface area contributed by atoms with Gasteiger partial charge < -0.3 is 4.74 Å². The SMILES string of the molecule is CC(C)Oc1ccccc1CC(=O)c1ccccc1. The Morgan fingerprint density at radius 2 is 1.63 bits per heavy atom. The number of rotatable bonds is 5. The third-order valence-electron chi connectivity index (χ3n) is 2.78. The van der Waals surface area contributed by atoms with Crippen LogP contribution in [0.25, 0.3) is 0 Å². The number of hydrogen-bond acceptors (Lipinski definition) is 2. The minimum absolute atomic E-state index is 0.105. The molecule has 0 saturated heterocycles. The molecule has 2 heteroatoms. The number of carbonyl (C=O) groups excluding carboxylic acids is 1. The first-order valence-electron chi connectivity index (χ1n) is 6.49. The highest BCUT2D eigenvalue weighted by atomic mass is 16.5. The molecule has 2 aromatic carbocycles. The monoisotopic (exact) mass is 254 g/mol. The van der Waals surface area contributed by atoms with Gasteiger partial charge in [-0.05, 0) is 19.9 Å². The highest BCUT2D eigenvalue weighted by Crippen LogP contribution is 2.21. The first kappa shape index (κ1) is 13.3. The average molecular weight is 254 g/mol. The van der Waals surface area contributed by atoms with E-state index >= 15 is 0 Å². The summed E-state index contributed by atoms with van der Waals surface area (Å²) in [6, 6.07) is 17.1. The smallest absolute Gasteiger partial charge is 0.167 e. The van der Waals surface area contributed by atoms with Crippen LogP contribution in [-0.4, -0.2) is 11.9 Å². The van der Waals surface area contributed by atoms with Crippen molar-refractivity contribution in [1.29, 1.82) is 0 Å². The molecule has 2 aromatic rings. The summed E-state index contributed by atoms with van der Waals surface area (Å²) < 4.78 is 5.73. The third-order valence-corrected chi connectivity index (χ3v) is 2.78. The predicted octanol–water partition coefficient (Wildman–Crippen LogP) is 3.90. The number of benzene rings is 2. The topological polar surface area (TPSA) is 26.3 Å². The number of Topliss-reactive ketones (excluding diaryl/α,β-unsaturated/α-hetero) is 1. The van der Waals surface area contributed by atoms with Crippen molar-refractivity contribution in [3.8, 4) is 5.75 Å². The number of carbonyl (C=O) groups is 1. The van der Waals surface area contributed by atoms with Gasteiger partial charge in [-0.25, -0.2) is 0 Å². The second kappa shape index (κ2) is 6.19. The van der Waals surface area contributed by atoms with E-state index < -0.39 is 0 Å². The van der Waals surface area contributed by atoms with Crippen LogP contribution in [-0.2, 0) is 6.42 Å². The fourth-order valence-electron chi connectivity index (χ4n) is 1.92. The molecule has 0 radical (unpaired) electrons. The Labute approximate surface area is 114 Å².